The minimum absolute atomic E-state index is 0.205. The summed E-state index contributed by atoms with van der Waals surface area (Å²) in [5.74, 6) is 0.873. The van der Waals surface area contributed by atoms with Crippen molar-refractivity contribution in [1.29, 1.82) is 0 Å². The van der Waals surface area contributed by atoms with Crippen LogP contribution in [-0.4, -0.2) is 44.1 Å². The summed E-state index contributed by atoms with van der Waals surface area (Å²) >= 11 is 0. The van der Waals surface area contributed by atoms with Gasteiger partial charge in [-0.3, -0.25) is 14.5 Å². The molecule has 1 aliphatic heterocycles. The highest BCUT2D eigenvalue weighted by atomic mass is 16.5. The molecular formula is C22H24N2O5. The molecule has 7 heteroatoms. The minimum Gasteiger partial charge on any atom is -0.493 e. The maximum atomic E-state index is 13.0. The first-order chi connectivity index (χ1) is 14.0. The molecule has 0 fully saturated rings. The van der Waals surface area contributed by atoms with Crippen LogP contribution in [0.15, 0.2) is 48.2 Å². The van der Waals surface area contributed by atoms with Crippen LogP contribution in [-0.2, 0) is 9.59 Å². The van der Waals surface area contributed by atoms with Crippen LogP contribution in [0.2, 0.25) is 0 Å². The second kappa shape index (κ2) is 8.68. The third-order valence-electron chi connectivity index (χ3n) is 4.60. The van der Waals surface area contributed by atoms with Gasteiger partial charge in [0.05, 0.1) is 32.1 Å². The van der Waals surface area contributed by atoms with Gasteiger partial charge in [0, 0.05) is 6.54 Å². The summed E-state index contributed by atoms with van der Waals surface area (Å²) in [7, 11) is 3.06. The quantitative estimate of drug-likeness (QED) is 0.690. The number of imide groups is 1. The molecule has 0 saturated carbocycles. The smallest absolute Gasteiger partial charge is 0.278 e. The molecule has 3 rings (SSSR count). The summed E-state index contributed by atoms with van der Waals surface area (Å²) in [5.41, 5.74) is 1.66. The van der Waals surface area contributed by atoms with Gasteiger partial charge < -0.3 is 19.5 Å². The number of amides is 2. The summed E-state index contributed by atoms with van der Waals surface area (Å²) < 4.78 is 16.3. The second-order valence-electron chi connectivity index (χ2n) is 6.23. The van der Waals surface area contributed by atoms with Gasteiger partial charge in [-0.1, -0.05) is 18.2 Å². The van der Waals surface area contributed by atoms with E-state index in [-0.39, 0.29) is 29.6 Å². The highest BCUT2D eigenvalue weighted by molar-refractivity contribution is 6.36. The molecule has 0 radical (unpaired) electrons. The largest absolute Gasteiger partial charge is 0.493 e. The zero-order chi connectivity index (χ0) is 21.0. The van der Waals surface area contributed by atoms with Gasteiger partial charge in [-0.25, -0.2) is 0 Å². The molecule has 0 aromatic heterocycles. The van der Waals surface area contributed by atoms with E-state index in [9.17, 15) is 9.59 Å². The minimum atomic E-state index is -0.381. The number of nitrogens with one attached hydrogen (secondary N) is 1. The van der Waals surface area contributed by atoms with E-state index in [0.29, 0.717) is 35.1 Å². The first-order valence-electron chi connectivity index (χ1n) is 9.37. The lowest BCUT2D eigenvalue weighted by Crippen LogP contribution is -2.32. The lowest BCUT2D eigenvalue weighted by molar-refractivity contribution is -0.136. The van der Waals surface area contributed by atoms with Gasteiger partial charge in [0.2, 0.25) is 0 Å². The Bertz CT molecular complexity index is 967. The highest BCUT2D eigenvalue weighted by Crippen LogP contribution is 2.36. The molecule has 7 nitrogen and oxygen atoms in total. The van der Waals surface area contributed by atoms with E-state index in [1.165, 1.54) is 19.1 Å². The zero-order valence-electron chi connectivity index (χ0n) is 16.9. The molecule has 1 heterocycles. The number of benzene rings is 2. The highest BCUT2D eigenvalue weighted by Gasteiger charge is 2.38. The maximum absolute atomic E-state index is 13.0. The SMILES string of the molecule is CCOc1ccccc1NC1=C(c2ccc(OC)c(OC)c2)C(=O)N(CC)C1=O. The average molecular weight is 396 g/mol. The monoisotopic (exact) mass is 396 g/mol. The van der Waals surface area contributed by atoms with Crippen LogP contribution in [0.5, 0.6) is 17.2 Å². The lowest BCUT2D eigenvalue weighted by atomic mass is 10.0. The summed E-state index contributed by atoms with van der Waals surface area (Å²) in [4.78, 5) is 27.2. The Hall–Kier alpha value is -3.48. The molecular weight excluding hydrogens is 372 g/mol. The molecule has 1 aliphatic rings. The predicted octanol–water partition coefficient (Wildman–Crippen LogP) is 3.31. The van der Waals surface area contributed by atoms with Gasteiger partial charge in [0.1, 0.15) is 11.4 Å². The third kappa shape index (κ3) is 3.76. The van der Waals surface area contributed by atoms with Gasteiger partial charge in [-0.15, -0.1) is 0 Å². The Balaban J connectivity index is 2.12. The van der Waals surface area contributed by atoms with Crippen LogP contribution in [0.1, 0.15) is 19.4 Å². The molecule has 0 aliphatic carbocycles. The molecule has 2 aromatic carbocycles. The summed E-state index contributed by atoms with van der Waals surface area (Å²) in [6, 6.07) is 12.4. The molecule has 29 heavy (non-hydrogen) atoms. The molecule has 1 N–H and O–H groups in total. The fraction of sp³-hybridized carbons (Fsp3) is 0.273. The first-order valence-corrected chi connectivity index (χ1v) is 9.37. The molecule has 0 unspecified atom stereocenters. The van der Waals surface area contributed by atoms with Crippen molar-refractivity contribution in [2.45, 2.75) is 13.8 Å². The summed E-state index contributed by atoms with van der Waals surface area (Å²) in [6.45, 7) is 4.40. The number of methoxy groups -OCH3 is 2. The van der Waals surface area contributed by atoms with Crippen molar-refractivity contribution in [3.05, 3.63) is 53.7 Å². The van der Waals surface area contributed by atoms with Gasteiger partial charge in [0.25, 0.3) is 11.8 Å². The van der Waals surface area contributed by atoms with Gasteiger partial charge in [-0.05, 0) is 43.7 Å². The fourth-order valence-corrected chi connectivity index (χ4v) is 3.22. The number of nitrogens with zero attached hydrogens (tertiary/aromatic N) is 1. The molecule has 152 valence electrons. The third-order valence-corrected chi connectivity index (χ3v) is 4.60. The van der Waals surface area contributed by atoms with Crippen molar-refractivity contribution in [2.75, 3.05) is 32.7 Å². The van der Waals surface area contributed by atoms with Crippen molar-refractivity contribution in [1.82, 2.24) is 4.90 Å². The van der Waals surface area contributed by atoms with E-state index in [1.54, 1.807) is 37.3 Å². The van der Waals surface area contributed by atoms with Crippen molar-refractivity contribution in [3.63, 3.8) is 0 Å². The van der Waals surface area contributed by atoms with Gasteiger partial charge in [0.15, 0.2) is 11.5 Å². The molecule has 0 bridgehead atoms. The molecule has 2 aromatic rings. The Morgan fingerprint density at radius 2 is 1.62 bits per heavy atom. The topological polar surface area (TPSA) is 77.1 Å². The molecule has 0 atom stereocenters. The fourth-order valence-electron chi connectivity index (χ4n) is 3.22. The van der Waals surface area contributed by atoms with E-state index in [0.717, 1.165) is 0 Å². The molecule has 0 saturated heterocycles. The molecule has 0 spiro atoms. The number of anilines is 1. The Morgan fingerprint density at radius 3 is 2.28 bits per heavy atom. The van der Waals surface area contributed by atoms with Crippen molar-refractivity contribution in [2.24, 2.45) is 0 Å². The van der Waals surface area contributed by atoms with Crippen LogP contribution in [0.3, 0.4) is 0 Å². The summed E-state index contributed by atoms with van der Waals surface area (Å²) in [5, 5.41) is 3.12. The predicted molar refractivity (Wildman–Crippen MR) is 110 cm³/mol. The standard InChI is InChI=1S/C22H24N2O5/c1-5-24-21(25)19(14-11-12-17(27-3)18(13-14)28-4)20(22(24)26)23-15-9-7-8-10-16(15)29-6-2/h7-13,23H,5-6H2,1-4H3. The van der Waals surface area contributed by atoms with Gasteiger partial charge in [-0.2, -0.15) is 0 Å². The van der Waals surface area contributed by atoms with Crippen LogP contribution in [0.25, 0.3) is 5.57 Å². The van der Waals surface area contributed by atoms with Crippen LogP contribution < -0.4 is 19.5 Å². The Kier molecular flexibility index (Phi) is 6.07. The number of para-hydroxylation sites is 2. The van der Waals surface area contributed by atoms with E-state index < -0.39 is 0 Å². The van der Waals surface area contributed by atoms with E-state index in [2.05, 4.69) is 5.32 Å². The van der Waals surface area contributed by atoms with Crippen molar-refractivity contribution in [3.8, 4) is 17.2 Å². The van der Waals surface area contributed by atoms with Gasteiger partial charge >= 0.3 is 0 Å². The second-order valence-corrected chi connectivity index (χ2v) is 6.23. The first kappa shape index (κ1) is 20.3. The Morgan fingerprint density at radius 1 is 0.897 bits per heavy atom. The zero-order valence-corrected chi connectivity index (χ0v) is 16.9. The lowest BCUT2D eigenvalue weighted by Gasteiger charge is -2.14. The van der Waals surface area contributed by atoms with E-state index >= 15 is 0 Å². The number of hydrogen-bond acceptors (Lipinski definition) is 6. The number of carbonyl (C=O) groups is 2. The number of likely N-dealkylation sites (N-methyl/N-ethyl adjacent to an activating group) is 1. The number of carbonyl (C=O) groups excluding carboxylic acids is 2. The van der Waals surface area contributed by atoms with Crippen LogP contribution in [0, 0.1) is 0 Å². The molecule has 2 amide bonds. The van der Waals surface area contributed by atoms with E-state index in [1.807, 2.05) is 19.1 Å². The normalized spacial score (nSPS) is 13.7. The van der Waals surface area contributed by atoms with Crippen molar-refractivity contribution < 1.29 is 23.8 Å². The van der Waals surface area contributed by atoms with Crippen LogP contribution in [0.4, 0.5) is 5.69 Å². The maximum Gasteiger partial charge on any atom is 0.278 e. The van der Waals surface area contributed by atoms with Crippen LogP contribution >= 0.6 is 0 Å². The number of rotatable bonds is 8. The Labute approximate surface area is 169 Å². The summed E-state index contributed by atoms with van der Waals surface area (Å²) in [6.07, 6.45) is 0. The number of hydrogen-bond donors (Lipinski definition) is 1. The van der Waals surface area contributed by atoms with Crippen molar-refractivity contribution >= 4 is 23.1 Å². The number of ether oxygens (including phenoxy) is 3. The van der Waals surface area contributed by atoms with E-state index in [4.69, 9.17) is 14.2 Å². The average Bonchev–Trinajstić information content (AvgIpc) is 2.98.